The number of halogens is 2. The molecular formula is C10H13F2NO2. The van der Waals surface area contributed by atoms with Crippen molar-refractivity contribution in [3.63, 3.8) is 0 Å². The number of aromatic hydroxyl groups is 1. The number of hydrogen-bond donors (Lipinski definition) is 3. The fraction of sp³-hybridized carbons (Fsp3) is 0.400. The van der Waals surface area contributed by atoms with Gasteiger partial charge in [0.1, 0.15) is 5.75 Å². The van der Waals surface area contributed by atoms with E-state index in [9.17, 15) is 13.9 Å². The zero-order valence-electron chi connectivity index (χ0n) is 8.24. The van der Waals surface area contributed by atoms with Crippen LogP contribution in [0.15, 0.2) is 24.3 Å². The Bertz CT molecular complexity index is 336. The fourth-order valence-corrected chi connectivity index (χ4v) is 1.20. The Labute approximate surface area is 86.2 Å². The van der Waals surface area contributed by atoms with Gasteiger partial charge in [0, 0.05) is 0 Å². The first kappa shape index (κ1) is 11.9. The summed E-state index contributed by atoms with van der Waals surface area (Å²) in [6.45, 7) is 0.0487. The maximum absolute atomic E-state index is 13.3. The molecule has 1 unspecified atom stereocenters. The van der Waals surface area contributed by atoms with Crippen LogP contribution in [0.1, 0.15) is 12.5 Å². The molecule has 84 valence electrons. The molecule has 0 aliphatic rings. The van der Waals surface area contributed by atoms with Crippen LogP contribution < -0.4 is 5.73 Å². The summed E-state index contributed by atoms with van der Waals surface area (Å²) < 4.78 is 26.6. The van der Waals surface area contributed by atoms with Gasteiger partial charge in [-0.2, -0.15) is 0 Å². The minimum absolute atomic E-state index is 0.00995. The number of rotatable bonds is 3. The van der Waals surface area contributed by atoms with Gasteiger partial charge in [-0.25, -0.2) is 8.78 Å². The number of phenolic OH excluding ortho intramolecular Hbond substituents is 1. The molecular weight excluding hydrogens is 204 g/mol. The Morgan fingerprint density at radius 1 is 1.27 bits per heavy atom. The number of nitrogens with two attached hydrogens (primary N) is 1. The number of aliphatic hydroxyl groups is 1. The van der Waals surface area contributed by atoms with Gasteiger partial charge in [-0.05, 0) is 24.6 Å². The Kier molecular flexibility index (Phi) is 2.97. The van der Waals surface area contributed by atoms with Gasteiger partial charge in [0.15, 0.2) is 5.60 Å². The zero-order chi connectivity index (χ0) is 11.7. The lowest BCUT2D eigenvalue weighted by Gasteiger charge is -2.32. The average Bonchev–Trinajstić information content (AvgIpc) is 2.18. The van der Waals surface area contributed by atoms with E-state index >= 15 is 0 Å². The fourth-order valence-electron chi connectivity index (χ4n) is 1.20. The van der Waals surface area contributed by atoms with Gasteiger partial charge in [0.25, 0.3) is 5.92 Å². The first-order valence-electron chi connectivity index (χ1n) is 4.41. The number of alkyl halides is 2. The molecule has 0 bridgehead atoms. The highest BCUT2D eigenvalue weighted by atomic mass is 19.3. The predicted octanol–water partition coefficient (Wildman–Crippen LogP) is 1.19. The van der Waals surface area contributed by atoms with Crippen molar-refractivity contribution in [2.75, 3.05) is 6.54 Å². The van der Waals surface area contributed by atoms with Crippen molar-refractivity contribution >= 4 is 0 Å². The lowest BCUT2D eigenvalue weighted by molar-refractivity contribution is -0.170. The molecule has 5 heteroatoms. The Hall–Kier alpha value is -1.20. The quantitative estimate of drug-likeness (QED) is 0.712. The molecule has 1 rings (SSSR count). The highest BCUT2D eigenvalue weighted by Gasteiger charge is 2.48. The minimum Gasteiger partial charge on any atom is -0.508 e. The van der Waals surface area contributed by atoms with Crippen LogP contribution in [-0.2, 0) is 5.60 Å². The summed E-state index contributed by atoms with van der Waals surface area (Å²) in [5.41, 5.74) is 2.57. The van der Waals surface area contributed by atoms with E-state index in [1.807, 2.05) is 0 Å². The minimum atomic E-state index is -3.41. The van der Waals surface area contributed by atoms with Crippen LogP contribution in [0, 0.1) is 0 Å². The van der Waals surface area contributed by atoms with Crippen molar-refractivity contribution in [2.45, 2.75) is 18.4 Å². The molecule has 0 amide bonds. The van der Waals surface area contributed by atoms with E-state index in [1.54, 1.807) is 0 Å². The second-order valence-corrected chi connectivity index (χ2v) is 3.53. The van der Waals surface area contributed by atoms with Crippen molar-refractivity contribution in [3.05, 3.63) is 29.8 Å². The molecule has 1 aromatic carbocycles. The normalized spacial score (nSPS) is 16.1. The molecule has 4 N–H and O–H groups in total. The van der Waals surface area contributed by atoms with E-state index in [1.165, 1.54) is 24.3 Å². The molecule has 0 aliphatic carbocycles. The van der Waals surface area contributed by atoms with E-state index in [0.717, 1.165) is 6.92 Å². The summed E-state index contributed by atoms with van der Waals surface area (Å²) in [5, 5.41) is 18.7. The van der Waals surface area contributed by atoms with Gasteiger partial charge in [-0.1, -0.05) is 12.1 Å². The lowest BCUT2D eigenvalue weighted by atomic mass is 9.89. The van der Waals surface area contributed by atoms with E-state index < -0.39 is 18.1 Å². The Morgan fingerprint density at radius 2 is 1.73 bits per heavy atom. The molecule has 0 saturated carbocycles. The number of phenols is 1. The van der Waals surface area contributed by atoms with Gasteiger partial charge in [-0.3, -0.25) is 0 Å². The largest absolute Gasteiger partial charge is 0.508 e. The van der Waals surface area contributed by atoms with Crippen LogP contribution >= 0.6 is 0 Å². The van der Waals surface area contributed by atoms with Gasteiger partial charge in [0.2, 0.25) is 0 Å². The molecule has 0 spiro atoms. The summed E-state index contributed by atoms with van der Waals surface area (Å²) in [7, 11) is 0. The predicted molar refractivity (Wildman–Crippen MR) is 51.7 cm³/mol. The van der Waals surface area contributed by atoms with Crippen molar-refractivity contribution in [3.8, 4) is 5.75 Å². The summed E-state index contributed by atoms with van der Waals surface area (Å²) >= 11 is 0. The van der Waals surface area contributed by atoms with Crippen molar-refractivity contribution < 1.29 is 19.0 Å². The van der Waals surface area contributed by atoms with E-state index in [0.29, 0.717) is 0 Å². The van der Waals surface area contributed by atoms with Crippen LogP contribution in [0.5, 0.6) is 5.75 Å². The maximum atomic E-state index is 13.3. The van der Waals surface area contributed by atoms with Crippen LogP contribution in [-0.4, -0.2) is 22.7 Å². The molecule has 15 heavy (non-hydrogen) atoms. The van der Waals surface area contributed by atoms with E-state index in [-0.39, 0.29) is 11.3 Å². The van der Waals surface area contributed by atoms with Crippen LogP contribution in [0.2, 0.25) is 0 Å². The lowest BCUT2D eigenvalue weighted by Crippen LogP contribution is -2.48. The van der Waals surface area contributed by atoms with Crippen LogP contribution in [0.3, 0.4) is 0 Å². The Balaban J connectivity index is 3.10. The molecule has 0 fully saturated rings. The SMILES string of the molecule is CC(O)(c1ccc(O)cc1)C(F)(F)CN. The third-order valence-corrected chi connectivity index (χ3v) is 2.40. The summed E-state index contributed by atoms with van der Waals surface area (Å²) in [4.78, 5) is 0. The van der Waals surface area contributed by atoms with Crippen molar-refractivity contribution in [2.24, 2.45) is 5.73 Å². The molecule has 0 saturated heterocycles. The van der Waals surface area contributed by atoms with Gasteiger partial charge >= 0.3 is 0 Å². The van der Waals surface area contributed by atoms with Gasteiger partial charge in [-0.15, -0.1) is 0 Å². The zero-order valence-corrected chi connectivity index (χ0v) is 8.24. The first-order valence-corrected chi connectivity index (χ1v) is 4.41. The van der Waals surface area contributed by atoms with Crippen molar-refractivity contribution in [1.29, 1.82) is 0 Å². The molecule has 0 radical (unpaired) electrons. The molecule has 0 aliphatic heterocycles. The van der Waals surface area contributed by atoms with E-state index in [2.05, 4.69) is 0 Å². The van der Waals surface area contributed by atoms with Gasteiger partial charge < -0.3 is 15.9 Å². The molecule has 1 aromatic rings. The van der Waals surface area contributed by atoms with Gasteiger partial charge in [0.05, 0.1) is 6.54 Å². The highest BCUT2D eigenvalue weighted by molar-refractivity contribution is 5.31. The molecule has 3 nitrogen and oxygen atoms in total. The molecule has 0 heterocycles. The third kappa shape index (κ3) is 2.08. The summed E-state index contributed by atoms with van der Waals surface area (Å²) in [6, 6.07) is 4.94. The summed E-state index contributed by atoms with van der Waals surface area (Å²) in [6.07, 6.45) is 0. The standard InChI is InChI=1S/C10H13F2NO2/c1-9(15,10(11,12)6-13)7-2-4-8(14)5-3-7/h2-5,14-15H,6,13H2,1H3. The van der Waals surface area contributed by atoms with Crippen molar-refractivity contribution in [1.82, 2.24) is 0 Å². The van der Waals surface area contributed by atoms with Crippen LogP contribution in [0.4, 0.5) is 8.78 Å². The molecule has 0 aromatic heterocycles. The Morgan fingerprint density at radius 3 is 2.13 bits per heavy atom. The smallest absolute Gasteiger partial charge is 0.291 e. The first-order chi connectivity index (χ1) is 6.81. The summed E-state index contributed by atoms with van der Waals surface area (Å²) in [5.74, 6) is -3.46. The average molecular weight is 217 g/mol. The second-order valence-electron chi connectivity index (χ2n) is 3.53. The maximum Gasteiger partial charge on any atom is 0.291 e. The number of benzene rings is 1. The second kappa shape index (κ2) is 3.75. The van der Waals surface area contributed by atoms with E-state index in [4.69, 9.17) is 10.8 Å². The molecule has 1 atom stereocenters. The van der Waals surface area contributed by atoms with Crippen LogP contribution in [0.25, 0.3) is 0 Å². The highest BCUT2D eigenvalue weighted by Crippen LogP contribution is 2.36. The monoisotopic (exact) mass is 217 g/mol. The number of hydrogen-bond acceptors (Lipinski definition) is 3. The topological polar surface area (TPSA) is 66.5 Å². The third-order valence-electron chi connectivity index (χ3n) is 2.40.